The molecule has 0 bridgehead atoms. The van der Waals surface area contributed by atoms with E-state index in [9.17, 15) is 0 Å². The van der Waals surface area contributed by atoms with Crippen LogP contribution in [-0.2, 0) is 42.2 Å². The third-order valence-corrected chi connectivity index (χ3v) is 19.0. The minimum atomic E-state index is 0. The SMILES string of the molecule is CCCCCCCCCCCCCCCCCCCCCCCCC#CC(=N\c1ccc(CCCC)c(CCCC)c1)/C(C#CCCCCCCCCCCCCCCCCCCCCCCCCCCCC)=N/c1ccc(CCCC)c(CCCC)c1.[Ni]. The first kappa shape index (κ1) is 84.4. The quantitative estimate of drug-likeness (QED) is 0.0273. The Morgan fingerprint density at radius 3 is 0.640 bits per heavy atom. The Labute approximate surface area is 567 Å². The van der Waals surface area contributed by atoms with Gasteiger partial charge in [-0.05, 0) is 123 Å². The van der Waals surface area contributed by atoms with Crippen molar-refractivity contribution in [3.8, 4) is 23.7 Å². The molecule has 0 saturated carbocycles. The molecule has 0 atom stereocenters. The van der Waals surface area contributed by atoms with Crippen molar-refractivity contribution in [1.29, 1.82) is 0 Å². The number of rotatable bonds is 63. The van der Waals surface area contributed by atoms with Gasteiger partial charge in [0.2, 0.25) is 0 Å². The summed E-state index contributed by atoms with van der Waals surface area (Å²) < 4.78 is 0. The van der Waals surface area contributed by atoms with E-state index in [0.717, 1.165) is 74.2 Å². The fraction of sp³-hybridized carbons (Fsp3) is 0.791. The Morgan fingerprint density at radius 1 is 0.236 bits per heavy atom. The monoisotopic (exact) mass is 1270 g/mol. The molecule has 0 aliphatic rings. The van der Waals surface area contributed by atoms with Gasteiger partial charge in [-0.1, -0.05) is 387 Å². The van der Waals surface area contributed by atoms with Crippen LogP contribution < -0.4 is 0 Å². The molecule has 0 fully saturated rings. The zero-order valence-corrected chi connectivity index (χ0v) is 61.5. The molecule has 0 heterocycles. The molecule has 0 aliphatic heterocycles. The average molecular weight is 1270 g/mol. The van der Waals surface area contributed by atoms with Crippen molar-refractivity contribution in [3.05, 3.63) is 58.7 Å². The molecular weight excluding hydrogens is 1120 g/mol. The third kappa shape index (κ3) is 51.5. The fourth-order valence-electron chi connectivity index (χ4n) is 13.0. The molecular formula is C86H148N2Ni. The van der Waals surface area contributed by atoms with E-state index in [1.165, 1.54) is 369 Å². The molecule has 3 heteroatoms. The van der Waals surface area contributed by atoms with Crippen LogP contribution in [0.4, 0.5) is 11.4 Å². The van der Waals surface area contributed by atoms with E-state index in [2.05, 4.69) is 102 Å². The van der Waals surface area contributed by atoms with Gasteiger partial charge in [-0.25, -0.2) is 9.98 Å². The van der Waals surface area contributed by atoms with Crippen molar-refractivity contribution in [2.75, 3.05) is 0 Å². The van der Waals surface area contributed by atoms with Gasteiger partial charge in [0.15, 0.2) is 0 Å². The van der Waals surface area contributed by atoms with Gasteiger partial charge in [0.25, 0.3) is 0 Å². The van der Waals surface area contributed by atoms with Crippen LogP contribution in [-0.4, -0.2) is 11.4 Å². The van der Waals surface area contributed by atoms with Crippen LogP contribution in [0, 0.1) is 23.7 Å². The summed E-state index contributed by atoms with van der Waals surface area (Å²) in [5.41, 5.74) is 9.33. The largest absolute Gasteiger partial charge is 0.237 e. The number of aliphatic imine (C=N–C) groups is 2. The summed E-state index contributed by atoms with van der Waals surface area (Å²) in [6.45, 7) is 13.8. The normalized spacial score (nSPS) is 11.7. The van der Waals surface area contributed by atoms with Crippen LogP contribution >= 0.6 is 0 Å². The van der Waals surface area contributed by atoms with E-state index >= 15 is 0 Å². The zero-order chi connectivity index (χ0) is 62.9. The van der Waals surface area contributed by atoms with Gasteiger partial charge in [0, 0.05) is 29.3 Å². The molecule has 0 N–H and O–H groups in total. The maximum Gasteiger partial charge on any atom is 0.148 e. The molecule has 0 unspecified atom stereocenters. The van der Waals surface area contributed by atoms with Gasteiger partial charge >= 0.3 is 0 Å². The van der Waals surface area contributed by atoms with Crippen LogP contribution in [0.5, 0.6) is 0 Å². The number of hydrogen-bond donors (Lipinski definition) is 0. The second kappa shape index (κ2) is 66.8. The molecule has 0 aromatic heterocycles. The molecule has 2 nitrogen and oxygen atoms in total. The van der Waals surface area contributed by atoms with Crippen molar-refractivity contribution in [2.45, 2.75) is 440 Å². The average Bonchev–Trinajstić information content (AvgIpc) is 2.51. The maximum absolute atomic E-state index is 5.43. The summed E-state index contributed by atoms with van der Waals surface area (Å²) in [5, 5.41) is 0. The van der Waals surface area contributed by atoms with Gasteiger partial charge < -0.3 is 0 Å². The molecule has 2 aromatic rings. The summed E-state index contributed by atoms with van der Waals surface area (Å²) in [5.74, 6) is 14.6. The van der Waals surface area contributed by atoms with E-state index < -0.39 is 0 Å². The van der Waals surface area contributed by atoms with E-state index in [4.69, 9.17) is 9.98 Å². The molecule has 2 rings (SSSR count). The predicted octanol–water partition coefficient (Wildman–Crippen LogP) is 29.5. The second-order valence-corrected chi connectivity index (χ2v) is 27.6. The van der Waals surface area contributed by atoms with Crippen molar-refractivity contribution in [3.63, 3.8) is 0 Å². The Balaban J connectivity index is 0.0000396. The van der Waals surface area contributed by atoms with Gasteiger partial charge in [-0.3, -0.25) is 0 Å². The van der Waals surface area contributed by atoms with E-state index in [-0.39, 0.29) is 16.5 Å². The Hall–Kier alpha value is -2.61. The first-order chi connectivity index (χ1) is 43.6. The molecule has 0 radical (unpaired) electrons. The maximum atomic E-state index is 5.43. The van der Waals surface area contributed by atoms with Crippen molar-refractivity contribution in [2.24, 2.45) is 9.98 Å². The summed E-state index contributed by atoms with van der Waals surface area (Å²) in [6, 6.07) is 13.9. The first-order valence-electron chi connectivity index (χ1n) is 40.0. The van der Waals surface area contributed by atoms with Crippen LogP contribution in [0.3, 0.4) is 0 Å². The van der Waals surface area contributed by atoms with Crippen LogP contribution in [0.15, 0.2) is 46.4 Å². The smallest absolute Gasteiger partial charge is 0.148 e. The van der Waals surface area contributed by atoms with E-state index in [1.807, 2.05) is 0 Å². The number of benzene rings is 2. The number of aryl methyl sites for hydroxylation is 4. The molecule has 2 aromatic carbocycles. The fourth-order valence-corrected chi connectivity index (χ4v) is 13.0. The van der Waals surface area contributed by atoms with Crippen molar-refractivity contribution >= 4 is 22.8 Å². The Bertz CT molecular complexity index is 2040. The van der Waals surface area contributed by atoms with Gasteiger partial charge in [-0.15, -0.1) is 0 Å². The number of hydrogen-bond acceptors (Lipinski definition) is 2. The summed E-state index contributed by atoms with van der Waals surface area (Å²) in [7, 11) is 0. The van der Waals surface area contributed by atoms with Crippen LogP contribution in [0.1, 0.15) is 436 Å². The zero-order valence-electron chi connectivity index (χ0n) is 60.5. The van der Waals surface area contributed by atoms with Crippen LogP contribution in [0.2, 0.25) is 0 Å². The van der Waals surface area contributed by atoms with Crippen molar-refractivity contribution < 1.29 is 16.5 Å². The van der Waals surface area contributed by atoms with Gasteiger partial charge in [0.1, 0.15) is 11.4 Å². The minimum absolute atomic E-state index is 0. The molecule has 0 amide bonds. The topological polar surface area (TPSA) is 24.7 Å². The summed E-state index contributed by atoms with van der Waals surface area (Å²) >= 11 is 0. The van der Waals surface area contributed by atoms with Gasteiger partial charge in [0.05, 0.1) is 11.4 Å². The third-order valence-electron chi connectivity index (χ3n) is 19.0. The number of unbranched alkanes of at least 4 members (excludes halogenated alkanes) is 52. The summed E-state index contributed by atoms with van der Waals surface area (Å²) in [4.78, 5) is 10.9. The molecule has 0 aliphatic carbocycles. The second-order valence-electron chi connectivity index (χ2n) is 27.6. The predicted molar refractivity (Wildman–Crippen MR) is 399 cm³/mol. The Kier molecular flexibility index (Phi) is 63.4. The van der Waals surface area contributed by atoms with Crippen LogP contribution in [0.25, 0.3) is 0 Å². The van der Waals surface area contributed by atoms with Gasteiger partial charge in [-0.2, -0.15) is 0 Å². The van der Waals surface area contributed by atoms with E-state index in [1.54, 1.807) is 0 Å². The molecule has 89 heavy (non-hydrogen) atoms. The first-order valence-corrected chi connectivity index (χ1v) is 40.0. The standard InChI is InChI=1S/C86H148N2.Ni/c1-7-13-19-21-23-25-27-29-31-33-35-37-39-41-42-43-44-46-48-50-52-54-56-58-60-62-64-66-72-86(88-84-76-74-80(68-16-10-4)82(78-84)70-18-12-6)85(87-83-75-73-79(67-15-9-3)81(77-83)69-17-11-5)71-65-63-61-59-57-55-53-51-49-47-45-40-38-36-34-32-30-28-26-24-22-20-14-8-2;/h73-78H,7-64,67-70H2,1-6H3;/b87-85+,88-86+;. The molecule has 0 saturated heterocycles. The summed E-state index contributed by atoms with van der Waals surface area (Å²) in [6.07, 6.45) is 83.8. The van der Waals surface area contributed by atoms with Crippen molar-refractivity contribution in [1.82, 2.24) is 0 Å². The minimum Gasteiger partial charge on any atom is -0.237 e. The molecule has 512 valence electrons. The van der Waals surface area contributed by atoms with E-state index in [0.29, 0.717) is 0 Å². The Morgan fingerprint density at radius 2 is 0.427 bits per heavy atom. The number of nitrogens with zero attached hydrogens (tertiary/aromatic N) is 2. The molecule has 0 spiro atoms.